The molecule has 36 heavy (non-hydrogen) atoms. The minimum atomic E-state index is -5.08. The molecule has 3 aromatic heterocycles. The van der Waals surface area contributed by atoms with Gasteiger partial charge in [0.1, 0.15) is 5.52 Å². The summed E-state index contributed by atoms with van der Waals surface area (Å²) in [6.07, 6.45) is -1.39. The molecular weight excluding hydrogens is 499 g/mol. The van der Waals surface area contributed by atoms with E-state index in [1.165, 1.54) is 11.3 Å². The van der Waals surface area contributed by atoms with Crippen LogP contribution < -0.4 is 4.90 Å². The summed E-state index contributed by atoms with van der Waals surface area (Å²) in [5.74, 6) is -1.37. The lowest BCUT2D eigenvalue weighted by atomic mass is 9.92. The second kappa shape index (κ2) is 11.7. The lowest BCUT2D eigenvalue weighted by molar-refractivity contribution is -0.192. The van der Waals surface area contributed by atoms with Crippen molar-refractivity contribution < 1.29 is 32.6 Å². The molecule has 1 saturated heterocycles. The van der Waals surface area contributed by atoms with Crippen LogP contribution in [0, 0.1) is 0 Å². The summed E-state index contributed by atoms with van der Waals surface area (Å²) in [5.41, 5.74) is 3.09. The van der Waals surface area contributed by atoms with Crippen LogP contribution in [0.25, 0.3) is 11.0 Å². The molecule has 13 heteroatoms. The lowest BCUT2D eigenvalue weighted by Crippen LogP contribution is -2.37. The van der Waals surface area contributed by atoms with Crippen LogP contribution in [0.5, 0.6) is 0 Å². The summed E-state index contributed by atoms with van der Waals surface area (Å²) in [6.45, 7) is 2.93. The van der Waals surface area contributed by atoms with Crippen LogP contribution in [0.2, 0.25) is 0 Å². The van der Waals surface area contributed by atoms with Gasteiger partial charge in [-0.05, 0) is 30.4 Å². The normalized spacial score (nSPS) is 14.4. The number of ether oxygens (including phenoxy) is 1. The summed E-state index contributed by atoms with van der Waals surface area (Å²) in [5, 5.41) is 9.08. The molecule has 0 radical (unpaired) electrons. The highest BCUT2D eigenvalue weighted by atomic mass is 32.1. The molecule has 0 unspecified atom stereocenters. The highest BCUT2D eigenvalue weighted by Gasteiger charge is 2.38. The first-order valence-electron chi connectivity index (χ1n) is 11.2. The number of amides is 1. The number of hydrogen-bond donors (Lipinski definition) is 1. The molecule has 4 heterocycles. The van der Waals surface area contributed by atoms with Crippen molar-refractivity contribution in [2.45, 2.75) is 24.9 Å². The van der Waals surface area contributed by atoms with Crippen molar-refractivity contribution in [1.29, 1.82) is 0 Å². The van der Waals surface area contributed by atoms with Gasteiger partial charge in [-0.2, -0.15) is 13.2 Å². The Labute approximate surface area is 210 Å². The number of piperidine rings is 1. The Bertz CT molecular complexity index is 1170. The van der Waals surface area contributed by atoms with Crippen LogP contribution in [-0.2, 0) is 16.6 Å². The quantitative estimate of drug-likeness (QED) is 0.521. The Morgan fingerprint density at radius 3 is 2.53 bits per heavy atom. The van der Waals surface area contributed by atoms with Gasteiger partial charge in [-0.25, -0.2) is 14.8 Å². The number of carboxylic acid groups (broad SMARTS) is 1. The number of nitrogens with zero attached hydrogens (tertiary/aromatic N) is 5. The Hall–Kier alpha value is -3.19. The molecule has 0 bridgehead atoms. The van der Waals surface area contributed by atoms with Gasteiger partial charge in [0, 0.05) is 52.5 Å². The number of pyridine rings is 1. The summed E-state index contributed by atoms with van der Waals surface area (Å²) < 4.78 is 39.0. The summed E-state index contributed by atoms with van der Waals surface area (Å²) >= 11 is 1.51. The summed E-state index contributed by atoms with van der Waals surface area (Å²) in [7, 11) is 5.75. The average molecular weight is 528 g/mol. The first-order chi connectivity index (χ1) is 17.0. The number of carboxylic acids is 1. The van der Waals surface area contributed by atoms with Gasteiger partial charge in [0.25, 0.3) is 5.91 Å². The Morgan fingerprint density at radius 2 is 1.97 bits per heavy atom. The van der Waals surface area contributed by atoms with E-state index in [0.29, 0.717) is 12.5 Å². The lowest BCUT2D eigenvalue weighted by Gasteiger charge is -2.32. The monoisotopic (exact) mass is 527 g/mol. The molecule has 4 rings (SSSR count). The van der Waals surface area contributed by atoms with Crippen molar-refractivity contribution in [1.82, 2.24) is 19.4 Å². The van der Waals surface area contributed by atoms with E-state index in [2.05, 4.69) is 16.0 Å². The standard InChI is InChI=1S/C21H27N5O2S.C2HF3O2/c1-24(10-11-28-3)20-19-17(25(2)14-22-19)13-16(23-20)15-6-8-26(9-7-15)21(27)18-5-4-12-29-18;3-2(4,5)1(6)7/h4-5,12-15H,6-11H2,1-3H3;(H,6,7). The van der Waals surface area contributed by atoms with Crippen molar-refractivity contribution in [2.24, 2.45) is 7.05 Å². The van der Waals surface area contributed by atoms with Crippen LogP contribution in [-0.4, -0.2) is 83.0 Å². The number of aliphatic carboxylic acids is 1. The number of aromatic nitrogens is 3. The van der Waals surface area contributed by atoms with Crippen molar-refractivity contribution in [3.63, 3.8) is 0 Å². The maximum absolute atomic E-state index is 12.6. The van der Waals surface area contributed by atoms with Gasteiger partial charge in [-0.3, -0.25) is 4.79 Å². The average Bonchev–Trinajstić information content (AvgIpc) is 3.52. The van der Waals surface area contributed by atoms with Gasteiger partial charge in [0.2, 0.25) is 0 Å². The molecule has 3 aromatic rings. The van der Waals surface area contributed by atoms with E-state index in [1.54, 1.807) is 7.11 Å². The molecule has 1 N–H and O–H groups in total. The SMILES string of the molecule is COCCN(C)c1nc(C2CCN(C(=O)c3cccs3)CC2)cc2c1ncn2C.O=C(O)C(F)(F)F. The number of fused-ring (bicyclic) bond motifs is 1. The van der Waals surface area contributed by atoms with Gasteiger partial charge >= 0.3 is 12.1 Å². The van der Waals surface area contributed by atoms with E-state index < -0.39 is 12.1 Å². The highest BCUT2D eigenvalue weighted by Crippen LogP contribution is 2.32. The summed E-state index contributed by atoms with van der Waals surface area (Å²) in [6, 6.07) is 6.00. The largest absolute Gasteiger partial charge is 0.490 e. The minimum absolute atomic E-state index is 0.147. The number of rotatable bonds is 6. The molecule has 196 valence electrons. The van der Waals surface area contributed by atoms with Crippen LogP contribution >= 0.6 is 11.3 Å². The second-order valence-electron chi connectivity index (χ2n) is 8.35. The molecule has 9 nitrogen and oxygen atoms in total. The molecule has 0 spiro atoms. The third kappa shape index (κ3) is 6.52. The number of aryl methyl sites for hydroxylation is 1. The van der Waals surface area contributed by atoms with Gasteiger partial charge in [0.15, 0.2) is 5.82 Å². The second-order valence-corrected chi connectivity index (χ2v) is 9.30. The topological polar surface area (TPSA) is 101 Å². The number of carbonyl (C=O) groups is 2. The zero-order chi connectivity index (χ0) is 26.5. The predicted octanol–water partition coefficient (Wildman–Crippen LogP) is 3.77. The van der Waals surface area contributed by atoms with Gasteiger partial charge in [-0.1, -0.05) is 6.07 Å². The first kappa shape index (κ1) is 27.4. The van der Waals surface area contributed by atoms with Crippen molar-refractivity contribution in [3.8, 4) is 0 Å². The Balaban J connectivity index is 0.000000454. The molecule has 1 aliphatic heterocycles. The Kier molecular flexibility index (Phi) is 8.90. The highest BCUT2D eigenvalue weighted by molar-refractivity contribution is 7.12. The van der Waals surface area contributed by atoms with E-state index in [1.807, 2.05) is 47.4 Å². The number of likely N-dealkylation sites (tertiary alicyclic amines) is 1. The number of anilines is 1. The van der Waals surface area contributed by atoms with Gasteiger partial charge in [-0.15, -0.1) is 11.3 Å². The third-order valence-corrected chi connectivity index (χ3v) is 6.74. The van der Waals surface area contributed by atoms with Crippen molar-refractivity contribution in [2.75, 3.05) is 45.3 Å². The van der Waals surface area contributed by atoms with Crippen LogP contribution in [0.4, 0.5) is 19.0 Å². The molecule has 1 amide bonds. The zero-order valence-electron chi connectivity index (χ0n) is 20.2. The number of halogens is 3. The number of thiophene rings is 1. The smallest absolute Gasteiger partial charge is 0.475 e. The van der Waals surface area contributed by atoms with Crippen LogP contribution in [0.1, 0.15) is 34.1 Å². The summed E-state index contributed by atoms with van der Waals surface area (Å²) in [4.78, 5) is 36.0. The Morgan fingerprint density at radius 1 is 1.31 bits per heavy atom. The number of likely N-dealkylation sites (N-methyl/N-ethyl adjacent to an activating group) is 1. The van der Waals surface area contributed by atoms with Gasteiger partial charge < -0.3 is 24.2 Å². The van der Waals surface area contributed by atoms with E-state index in [0.717, 1.165) is 59.9 Å². The molecule has 0 atom stereocenters. The first-order valence-corrected chi connectivity index (χ1v) is 12.1. The number of hydrogen-bond acceptors (Lipinski definition) is 7. The molecule has 0 saturated carbocycles. The zero-order valence-corrected chi connectivity index (χ0v) is 21.0. The number of alkyl halides is 3. The molecular formula is C23H28F3N5O4S. The maximum Gasteiger partial charge on any atom is 0.490 e. The fourth-order valence-electron chi connectivity index (χ4n) is 3.87. The van der Waals surface area contributed by atoms with E-state index in [-0.39, 0.29) is 5.91 Å². The number of methoxy groups -OCH3 is 1. The fourth-order valence-corrected chi connectivity index (χ4v) is 4.56. The van der Waals surface area contributed by atoms with Crippen molar-refractivity contribution >= 4 is 40.1 Å². The van der Waals surface area contributed by atoms with Crippen LogP contribution in [0.15, 0.2) is 29.9 Å². The van der Waals surface area contributed by atoms with E-state index in [4.69, 9.17) is 19.6 Å². The maximum atomic E-state index is 12.6. The number of carbonyl (C=O) groups excluding carboxylic acids is 1. The van der Waals surface area contributed by atoms with Crippen LogP contribution in [0.3, 0.4) is 0 Å². The minimum Gasteiger partial charge on any atom is -0.475 e. The molecule has 0 aromatic carbocycles. The van der Waals surface area contributed by atoms with E-state index in [9.17, 15) is 18.0 Å². The molecule has 1 fully saturated rings. The predicted molar refractivity (Wildman–Crippen MR) is 130 cm³/mol. The fraction of sp³-hybridized carbons (Fsp3) is 0.478. The number of imidazole rings is 1. The third-order valence-electron chi connectivity index (χ3n) is 5.88. The van der Waals surface area contributed by atoms with E-state index >= 15 is 0 Å². The molecule has 0 aliphatic carbocycles. The molecule has 1 aliphatic rings. The van der Waals surface area contributed by atoms with Crippen molar-refractivity contribution in [3.05, 3.63) is 40.5 Å². The van der Waals surface area contributed by atoms with Gasteiger partial charge in [0.05, 0.1) is 23.3 Å².